The van der Waals surface area contributed by atoms with Crippen LogP contribution in [0.15, 0.2) is 17.7 Å². The first kappa shape index (κ1) is 20.3. The maximum absolute atomic E-state index is 11.9. The lowest BCUT2D eigenvalue weighted by atomic mass is 10.1. The van der Waals surface area contributed by atoms with Crippen LogP contribution in [0, 0.1) is 11.3 Å². The van der Waals surface area contributed by atoms with Gasteiger partial charge in [-0.05, 0) is 30.7 Å². The van der Waals surface area contributed by atoms with Crippen LogP contribution in [0.5, 0.6) is 11.5 Å². The molecule has 8 heteroatoms. The van der Waals surface area contributed by atoms with Gasteiger partial charge in [-0.25, -0.2) is 4.79 Å². The van der Waals surface area contributed by atoms with E-state index < -0.39 is 11.9 Å². The predicted molar refractivity (Wildman–Crippen MR) is 92.4 cm³/mol. The minimum absolute atomic E-state index is 0.0493. The molecule has 1 rings (SSSR count). The Morgan fingerprint density at radius 2 is 2.00 bits per heavy atom. The van der Waals surface area contributed by atoms with Crippen molar-refractivity contribution in [2.75, 3.05) is 34.4 Å². The molecule has 1 amide bonds. The summed E-state index contributed by atoms with van der Waals surface area (Å²) in [6.07, 6.45) is 1.40. The van der Waals surface area contributed by atoms with E-state index >= 15 is 0 Å². The summed E-state index contributed by atoms with van der Waals surface area (Å²) in [4.78, 5) is 24.5. The molecular weight excluding hydrogens is 348 g/mol. The van der Waals surface area contributed by atoms with E-state index in [0.717, 1.165) is 0 Å². The van der Waals surface area contributed by atoms with Crippen LogP contribution in [0.4, 0.5) is 0 Å². The van der Waals surface area contributed by atoms with Gasteiger partial charge >= 0.3 is 5.97 Å². The standard InChI is InChI=1S/C17H19ClN2O5/c1-5-24-14-8-11(6-12(9-19)17(22)20(2)3)7-13(18)16(14)25-10-15(21)23-4/h6-8H,5,10H2,1-4H3/b12-6-. The van der Waals surface area contributed by atoms with Gasteiger partial charge in [0, 0.05) is 14.1 Å². The van der Waals surface area contributed by atoms with Gasteiger partial charge in [0.25, 0.3) is 5.91 Å². The molecule has 25 heavy (non-hydrogen) atoms. The lowest BCUT2D eigenvalue weighted by Crippen LogP contribution is -2.22. The third-order valence-corrected chi connectivity index (χ3v) is 3.24. The van der Waals surface area contributed by atoms with E-state index in [2.05, 4.69) is 4.74 Å². The lowest BCUT2D eigenvalue weighted by molar-refractivity contribution is -0.142. The van der Waals surface area contributed by atoms with Crippen molar-refractivity contribution in [2.24, 2.45) is 0 Å². The van der Waals surface area contributed by atoms with Crippen LogP contribution in [-0.4, -0.2) is 51.2 Å². The number of nitrogens with zero attached hydrogens (tertiary/aromatic N) is 2. The van der Waals surface area contributed by atoms with Gasteiger partial charge in [0.2, 0.25) is 0 Å². The summed E-state index contributed by atoms with van der Waals surface area (Å²) in [6, 6.07) is 4.94. The van der Waals surface area contributed by atoms with Crippen LogP contribution >= 0.6 is 11.6 Å². The number of amides is 1. The molecule has 7 nitrogen and oxygen atoms in total. The Hall–Kier alpha value is -2.72. The highest BCUT2D eigenvalue weighted by Gasteiger charge is 2.16. The number of carbonyl (C=O) groups is 2. The largest absolute Gasteiger partial charge is 0.490 e. The molecule has 0 fully saturated rings. The molecule has 0 heterocycles. The van der Waals surface area contributed by atoms with E-state index in [0.29, 0.717) is 17.9 Å². The zero-order chi connectivity index (χ0) is 19.0. The fourth-order valence-electron chi connectivity index (χ4n) is 1.81. The summed E-state index contributed by atoms with van der Waals surface area (Å²) in [7, 11) is 4.35. The fraction of sp³-hybridized carbons (Fsp3) is 0.353. The smallest absolute Gasteiger partial charge is 0.343 e. The van der Waals surface area contributed by atoms with Crippen molar-refractivity contribution in [1.29, 1.82) is 5.26 Å². The quantitative estimate of drug-likeness (QED) is 0.418. The van der Waals surface area contributed by atoms with E-state index in [1.165, 1.54) is 24.2 Å². The fourth-order valence-corrected chi connectivity index (χ4v) is 2.09. The number of hydrogen-bond donors (Lipinski definition) is 0. The highest BCUT2D eigenvalue weighted by molar-refractivity contribution is 6.32. The van der Waals surface area contributed by atoms with Crippen molar-refractivity contribution in [3.63, 3.8) is 0 Å². The highest BCUT2D eigenvalue weighted by Crippen LogP contribution is 2.37. The maximum atomic E-state index is 11.9. The van der Waals surface area contributed by atoms with E-state index in [9.17, 15) is 9.59 Å². The molecule has 0 saturated carbocycles. The second kappa shape index (κ2) is 9.55. The number of carbonyl (C=O) groups excluding carboxylic acids is 2. The average Bonchev–Trinajstić information content (AvgIpc) is 2.58. The lowest BCUT2D eigenvalue weighted by Gasteiger charge is -2.14. The Balaban J connectivity index is 3.26. The highest BCUT2D eigenvalue weighted by atomic mass is 35.5. The molecule has 0 aliphatic heterocycles. The molecule has 1 aromatic carbocycles. The topological polar surface area (TPSA) is 88.9 Å². The summed E-state index contributed by atoms with van der Waals surface area (Å²) < 4.78 is 15.3. The van der Waals surface area contributed by atoms with Crippen molar-refractivity contribution in [3.8, 4) is 17.6 Å². The number of nitriles is 1. The van der Waals surface area contributed by atoms with Gasteiger partial charge in [-0.2, -0.15) is 5.26 Å². The number of likely N-dealkylation sites (N-methyl/N-ethyl adjacent to an activating group) is 1. The molecule has 0 atom stereocenters. The molecule has 134 valence electrons. The normalized spacial score (nSPS) is 10.6. The Morgan fingerprint density at radius 1 is 1.32 bits per heavy atom. The van der Waals surface area contributed by atoms with Crippen LogP contribution < -0.4 is 9.47 Å². The van der Waals surface area contributed by atoms with Crippen LogP contribution in [-0.2, 0) is 14.3 Å². The minimum atomic E-state index is -0.564. The van der Waals surface area contributed by atoms with Crippen molar-refractivity contribution in [2.45, 2.75) is 6.92 Å². The summed E-state index contributed by atoms with van der Waals surface area (Å²) in [6.45, 7) is 1.78. The number of esters is 1. The SMILES string of the molecule is CCOc1cc(/C=C(/C#N)C(=O)N(C)C)cc(Cl)c1OCC(=O)OC. The molecule has 0 bridgehead atoms. The van der Waals surface area contributed by atoms with Gasteiger partial charge in [0.1, 0.15) is 11.6 Å². The summed E-state index contributed by atoms with van der Waals surface area (Å²) in [5, 5.41) is 9.35. The monoisotopic (exact) mass is 366 g/mol. The first-order valence-corrected chi connectivity index (χ1v) is 7.71. The van der Waals surface area contributed by atoms with E-state index in [1.807, 2.05) is 6.07 Å². The van der Waals surface area contributed by atoms with E-state index in [-0.39, 0.29) is 23.0 Å². The molecule has 0 N–H and O–H groups in total. The number of rotatable bonds is 7. The van der Waals surface area contributed by atoms with Gasteiger partial charge in [-0.1, -0.05) is 11.6 Å². The minimum Gasteiger partial charge on any atom is -0.490 e. The molecule has 0 spiro atoms. The van der Waals surface area contributed by atoms with Crippen LogP contribution in [0.3, 0.4) is 0 Å². The van der Waals surface area contributed by atoms with Crippen molar-refractivity contribution < 1.29 is 23.8 Å². The maximum Gasteiger partial charge on any atom is 0.343 e. The van der Waals surface area contributed by atoms with Gasteiger partial charge in [0.05, 0.1) is 18.7 Å². The Morgan fingerprint density at radius 3 is 2.52 bits per heavy atom. The zero-order valence-corrected chi connectivity index (χ0v) is 15.2. The average molecular weight is 367 g/mol. The van der Waals surface area contributed by atoms with Gasteiger partial charge < -0.3 is 19.1 Å². The third kappa shape index (κ3) is 5.69. The van der Waals surface area contributed by atoms with Crippen molar-refractivity contribution in [3.05, 3.63) is 28.3 Å². The third-order valence-electron chi connectivity index (χ3n) is 2.96. The Kier molecular flexibility index (Phi) is 7.76. The number of hydrogen-bond acceptors (Lipinski definition) is 6. The molecule has 0 aliphatic rings. The Bertz CT molecular complexity index is 722. The number of halogens is 1. The van der Waals surface area contributed by atoms with Gasteiger partial charge in [-0.15, -0.1) is 0 Å². The van der Waals surface area contributed by atoms with Crippen LogP contribution in [0.1, 0.15) is 12.5 Å². The summed E-state index contributed by atoms with van der Waals surface area (Å²) in [5.41, 5.74) is 0.442. The Labute approximate surface area is 151 Å². The number of benzene rings is 1. The predicted octanol–water partition coefficient (Wildman–Crippen LogP) is 2.29. The van der Waals surface area contributed by atoms with Crippen LogP contribution in [0.25, 0.3) is 6.08 Å². The second-order valence-electron chi connectivity index (χ2n) is 5.00. The number of methoxy groups -OCH3 is 1. The van der Waals surface area contributed by atoms with E-state index in [4.69, 9.17) is 26.3 Å². The molecule has 0 aliphatic carbocycles. The number of ether oxygens (including phenoxy) is 3. The molecular formula is C17H19ClN2O5. The summed E-state index contributed by atoms with van der Waals surface area (Å²) in [5.74, 6) is -0.517. The molecule has 0 aromatic heterocycles. The molecule has 1 aromatic rings. The second-order valence-corrected chi connectivity index (χ2v) is 5.40. The summed E-state index contributed by atoms with van der Waals surface area (Å²) >= 11 is 6.20. The van der Waals surface area contributed by atoms with Gasteiger partial charge in [0.15, 0.2) is 18.1 Å². The van der Waals surface area contributed by atoms with Gasteiger partial charge in [-0.3, -0.25) is 4.79 Å². The molecule has 0 saturated heterocycles. The first-order chi connectivity index (χ1) is 11.8. The first-order valence-electron chi connectivity index (χ1n) is 7.33. The van der Waals surface area contributed by atoms with Crippen molar-refractivity contribution in [1.82, 2.24) is 4.90 Å². The van der Waals surface area contributed by atoms with Crippen molar-refractivity contribution >= 4 is 29.6 Å². The molecule has 0 radical (unpaired) electrons. The zero-order valence-electron chi connectivity index (χ0n) is 14.5. The van der Waals surface area contributed by atoms with E-state index in [1.54, 1.807) is 27.1 Å². The molecule has 0 unspecified atom stereocenters. The van der Waals surface area contributed by atoms with Crippen LogP contribution in [0.2, 0.25) is 5.02 Å².